The molecule has 2 saturated heterocycles. The van der Waals surface area contributed by atoms with Gasteiger partial charge in [0.05, 0.1) is 12.2 Å². The van der Waals surface area contributed by atoms with E-state index in [4.69, 9.17) is 9.47 Å². The summed E-state index contributed by atoms with van der Waals surface area (Å²) in [4.78, 5) is 24.7. The molecule has 3 aliphatic carbocycles. The molecule has 18 heavy (non-hydrogen) atoms. The third-order valence-electron chi connectivity index (χ3n) is 5.31. The molecule has 5 rings (SSSR count). The van der Waals surface area contributed by atoms with E-state index in [1.807, 2.05) is 0 Å². The van der Waals surface area contributed by atoms with Gasteiger partial charge < -0.3 is 9.47 Å². The van der Waals surface area contributed by atoms with Crippen molar-refractivity contribution in [2.45, 2.75) is 37.3 Å². The fraction of sp³-hybridized carbons (Fsp3) is 0.714. The van der Waals surface area contributed by atoms with E-state index in [1.54, 1.807) is 0 Å². The van der Waals surface area contributed by atoms with Crippen molar-refractivity contribution in [1.29, 1.82) is 0 Å². The van der Waals surface area contributed by atoms with Gasteiger partial charge in [0.1, 0.15) is 12.2 Å². The average Bonchev–Trinajstić information content (AvgIpc) is 3.21. The van der Waals surface area contributed by atoms with Gasteiger partial charge in [0, 0.05) is 11.8 Å². The standard InChI is InChI=1S/C14H14O4/c15-11-9-5(3-7-13(11)17-7)1-2-6-4-8-14(18-8)12(16)10(6)9/h1-2,5-10,13-14H,3-4H2/t5-,6-,7-,8-,9-,10-,13-,14-/m1/s1. The highest BCUT2D eigenvalue weighted by Crippen LogP contribution is 2.53. The zero-order chi connectivity index (χ0) is 12.0. The fourth-order valence-corrected chi connectivity index (χ4v) is 4.34. The summed E-state index contributed by atoms with van der Waals surface area (Å²) >= 11 is 0. The second-order valence-corrected chi connectivity index (χ2v) is 6.23. The van der Waals surface area contributed by atoms with Crippen LogP contribution in [0.25, 0.3) is 0 Å². The molecule has 2 saturated carbocycles. The summed E-state index contributed by atoms with van der Waals surface area (Å²) < 4.78 is 10.8. The zero-order valence-electron chi connectivity index (χ0n) is 9.82. The van der Waals surface area contributed by atoms with E-state index in [0.29, 0.717) is 0 Å². The summed E-state index contributed by atoms with van der Waals surface area (Å²) in [7, 11) is 0. The van der Waals surface area contributed by atoms with Gasteiger partial charge in [-0.05, 0) is 24.7 Å². The highest BCUT2D eigenvalue weighted by molar-refractivity contribution is 5.98. The molecule has 2 heterocycles. The maximum atomic E-state index is 12.4. The summed E-state index contributed by atoms with van der Waals surface area (Å²) in [6.07, 6.45) is 5.96. The second kappa shape index (κ2) is 2.94. The van der Waals surface area contributed by atoms with E-state index >= 15 is 0 Å². The minimum atomic E-state index is -0.205. The Hall–Kier alpha value is -1.00. The Morgan fingerprint density at radius 3 is 1.72 bits per heavy atom. The third-order valence-corrected chi connectivity index (χ3v) is 5.31. The van der Waals surface area contributed by atoms with Crippen molar-refractivity contribution >= 4 is 11.6 Å². The Balaban J connectivity index is 1.57. The van der Waals surface area contributed by atoms with Crippen LogP contribution in [0, 0.1) is 23.7 Å². The van der Waals surface area contributed by atoms with Crippen molar-refractivity contribution in [3.8, 4) is 0 Å². The molecule has 0 aromatic carbocycles. The third kappa shape index (κ3) is 1.09. The fourth-order valence-electron chi connectivity index (χ4n) is 4.34. The van der Waals surface area contributed by atoms with Gasteiger partial charge in [0.2, 0.25) is 0 Å². The number of ether oxygens (including phenoxy) is 2. The van der Waals surface area contributed by atoms with Crippen molar-refractivity contribution in [1.82, 2.24) is 0 Å². The molecule has 0 N–H and O–H groups in total. The number of allylic oxidation sites excluding steroid dienone is 2. The first-order valence-electron chi connectivity index (χ1n) is 6.81. The molecule has 0 unspecified atom stereocenters. The molecule has 0 aromatic rings. The van der Waals surface area contributed by atoms with Crippen LogP contribution < -0.4 is 0 Å². The van der Waals surface area contributed by atoms with E-state index in [1.165, 1.54) is 0 Å². The topological polar surface area (TPSA) is 59.2 Å². The predicted molar refractivity (Wildman–Crippen MR) is 59.7 cm³/mol. The lowest BCUT2D eigenvalue weighted by Gasteiger charge is -2.40. The molecule has 0 amide bonds. The van der Waals surface area contributed by atoms with Crippen molar-refractivity contribution < 1.29 is 19.1 Å². The lowest BCUT2D eigenvalue weighted by Crippen LogP contribution is -2.49. The highest BCUT2D eigenvalue weighted by Gasteiger charge is 2.63. The molecule has 2 aliphatic heterocycles. The van der Waals surface area contributed by atoms with Crippen LogP contribution >= 0.6 is 0 Å². The van der Waals surface area contributed by atoms with Gasteiger partial charge in [0.25, 0.3) is 0 Å². The molecular formula is C14H14O4. The van der Waals surface area contributed by atoms with Crippen LogP contribution in [-0.4, -0.2) is 36.0 Å². The number of carbonyl (C=O) groups excluding carboxylic acids is 2. The summed E-state index contributed by atoms with van der Waals surface area (Å²) in [6.45, 7) is 0. The number of hydrogen-bond donors (Lipinski definition) is 0. The van der Waals surface area contributed by atoms with E-state index < -0.39 is 0 Å². The number of epoxide rings is 2. The molecule has 4 fully saturated rings. The molecule has 8 atom stereocenters. The number of Topliss-reactive ketones (excluding diaryl/α,β-unsaturated/α-hetero) is 2. The van der Waals surface area contributed by atoms with Crippen molar-refractivity contribution in [2.24, 2.45) is 23.7 Å². The van der Waals surface area contributed by atoms with Crippen molar-refractivity contribution in [3.63, 3.8) is 0 Å². The Kier molecular flexibility index (Phi) is 1.61. The number of hydrogen-bond acceptors (Lipinski definition) is 4. The van der Waals surface area contributed by atoms with Gasteiger partial charge in [-0.1, -0.05) is 12.2 Å². The molecular weight excluding hydrogens is 232 g/mol. The number of rotatable bonds is 0. The Morgan fingerprint density at radius 2 is 1.28 bits per heavy atom. The first kappa shape index (κ1) is 9.87. The summed E-state index contributed by atoms with van der Waals surface area (Å²) in [5.41, 5.74) is 0. The van der Waals surface area contributed by atoms with Gasteiger partial charge in [-0.25, -0.2) is 0 Å². The largest absolute Gasteiger partial charge is 0.361 e. The van der Waals surface area contributed by atoms with Crippen molar-refractivity contribution in [2.75, 3.05) is 0 Å². The second-order valence-electron chi connectivity index (χ2n) is 6.23. The van der Waals surface area contributed by atoms with Crippen molar-refractivity contribution in [3.05, 3.63) is 12.2 Å². The molecule has 0 spiro atoms. The lowest BCUT2D eigenvalue weighted by atomic mass is 9.60. The van der Waals surface area contributed by atoms with Crippen LogP contribution in [0.3, 0.4) is 0 Å². The van der Waals surface area contributed by atoms with E-state index in [9.17, 15) is 9.59 Å². The van der Waals surface area contributed by atoms with Gasteiger partial charge in [-0.15, -0.1) is 0 Å². The molecule has 5 aliphatic rings. The molecule has 94 valence electrons. The quantitative estimate of drug-likeness (QED) is 0.461. The maximum absolute atomic E-state index is 12.4. The minimum Gasteiger partial charge on any atom is -0.361 e. The average molecular weight is 246 g/mol. The van der Waals surface area contributed by atoms with Crippen LogP contribution in [-0.2, 0) is 19.1 Å². The van der Waals surface area contributed by atoms with Crippen LogP contribution in [0.4, 0.5) is 0 Å². The van der Waals surface area contributed by atoms with Gasteiger partial charge >= 0.3 is 0 Å². The van der Waals surface area contributed by atoms with Crippen LogP contribution in [0.15, 0.2) is 12.2 Å². The first-order valence-corrected chi connectivity index (χ1v) is 6.81. The zero-order valence-corrected chi connectivity index (χ0v) is 9.82. The molecule has 4 nitrogen and oxygen atoms in total. The minimum absolute atomic E-state index is 0.128. The Morgan fingerprint density at radius 1 is 0.833 bits per heavy atom. The summed E-state index contributed by atoms with van der Waals surface area (Å²) in [5.74, 6) is 0.484. The number of carbonyl (C=O) groups is 2. The Labute approximate surface area is 104 Å². The summed E-state index contributed by atoms with van der Waals surface area (Å²) in [6, 6.07) is 0. The lowest BCUT2D eigenvalue weighted by molar-refractivity contribution is -0.138. The monoisotopic (exact) mass is 246 g/mol. The van der Waals surface area contributed by atoms with E-state index in [0.717, 1.165) is 12.8 Å². The maximum Gasteiger partial charge on any atom is 0.168 e. The molecule has 4 heteroatoms. The van der Waals surface area contributed by atoms with Crippen LogP contribution in [0.2, 0.25) is 0 Å². The smallest absolute Gasteiger partial charge is 0.168 e. The molecule has 0 bridgehead atoms. The van der Waals surface area contributed by atoms with Gasteiger partial charge in [-0.3, -0.25) is 9.59 Å². The van der Waals surface area contributed by atoms with E-state index in [2.05, 4.69) is 12.2 Å². The highest BCUT2D eigenvalue weighted by atomic mass is 16.6. The predicted octanol–water partition coefficient (Wildman–Crippen LogP) is 0.501. The van der Waals surface area contributed by atoms with E-state index in [-0.39, 0.29) is 59.7 Å². The molecule has 0 aromatic heterocycles. The van der Waals surface area contributed by atoms with Crippen LogP contribution in [0.5, 0.6) is 0 Å². The first-order chi connectivity index (χ1) is 8.74. The number of fused-ring (bicyclic) bond motifs is 5. The normalized spacial score (nSPS) is 59.3. The van der Waals surface area contributed by atoms with Gasteiger partial charge in [-0.2, -0.15) is 0 Å². The summed E-state index contributed by atoms with van der Waals surface area (Å²) in [5, 5.41) is 0. The molecule has 0 radical (unpaired) electrons. The SMILES string of the molecule is O=C1[C@H]2[C@@H]3C(=O)[C@@H]4O[C@@H]4C[C@H]3C=C[C@@H]2C[C@H]2O[C@@H]12. The Bertz CT molecular complexity index is 452. The number of ketones is 2. The van der Waals surface area contributed by atoms with Gasteiger partial charge in [0.15, 0.2) is 11.6 Å². The van der Waals surface area contributed by atoms with Crippen LogP contribution in [0.1, 0.15) is 12.8 Å².